The van der Waals surface area contributed by atoms with Gasteiger partial charge in [-0.2, -0.15) is 8.42 Å². The Balaban J connectivity index is 1.77. The lowest BCUT2D eigenvalue weighted by Gasteiger charge is -2.11. The molecule has 0 aliphatic rings. The molecule has 0 aliphatic carbocycles. The van der Waals surface area contributed by atoms with E-state index in [0.29, 0.717) is 6.61 Å². The van der Waals surface area contributed by atoms with E-state index in [9.17, 15) is 13.5 Å². The van der Waals surface area contributed by atoms with Crippen molar-refractivity contribution >= 4 is 21.5 Å². The zero-order chi connectivity index (χ0) is 16.0. The fraction of sp³-hybridized carbons (Fsp3) is 0.333. The van der Waals surface area contributed by atoms with Crippen molar-refractivity contribution in [2.45, 2.75) is 24.5 Å². The molecule has 0 saturated heterocycles. The summed E-state index contributed by atoms with van der Waals surface area (Å²) >= 11 is 1.56. The van der Waals surface area contributed by atoms with Crippen molar-refractivity contribution < 1.29 is 22.4 Å². The van der Waals surface area contributed by atoms with Crippen molar-refractivity contribution in [1.82, 2.24) is 0 Å². The monoisotopic (exact) mass is 342 g/mol. The highest BCUT2D eigenvalue weighted by molar-refractivity contribution is 7.86. The number of thiophene rings is 1. The highest BCUT2D eigenvalue weighted by atomic mass is 32.2. The van der Waals surface area contributed by atoms with Crippen LogP contribution in [-0.4, -0.2) is 32.8 Å². The summed E-state index contributed by atoms with van der Waals surface area (Å²) in [5.41, 5.74) is 0.959. The molecule has 120 valence electrons. The molecule has 22 heavy (non-hydrogen) atoms. The van der Waals surface area contributed by atoms with E-state index in [1.54, 1.807) is 23.5 Å². The molecule has 1 heterocycles. The van der Waals surface area contributed by atoms with E-state index in [1.165, 1.54) is 12.1 Å². The summed E-state index contributed by atoms with van der Waals surface area (Å²) in [7, 11) is -3.85. The Hall–Kier alpha value is -1.25. The fourth-order valence-electron chi connectivity index (χ4n) is 1.68. The molecule has 7 heteroatoms. The standard InChI is InChI=1S/C15H18O5S2/c1-12-4-6-15(7-5-12)22(17,18)20-10-13(16)9-19-11-14-3-2-8-21-14/h2-8,13,16H,9-11H2,1H3/t13-/m0/s1. The lowest BCUT2D eigenvalue weighted by Crippen LogP contribution is -2.23. The van der Waals surface area contributed by atoms with Crippen LogP contribution >= 0.6 is 11.3 Å². The van der Waals surface area contributed by atoms with Gasteiger partial charge in [-0.05, 0) is 30.5 Å². The van der Waals surface area contributed by atoms with Crippen LogP contribution in [-0.2, 0) is 25.6 Å². The van der Waals surface area contributed by atoms with Gasteiger partial charge in [-0.3, -0.25) is 4.18 Å². The predicted molar refractivity (Wildman–Crippen MR) is 84.3 cm³/mol. The normalized spacial score (nSPS) is 13.2. The molecule has 0 spiro atoms. The van der Waals surface area contributed by atoms with Gasteiger partial charge in [0.05, 0.1) is 24.7 Å². The number of benzene rings is 1. The first-order valence-corrected chi connectivity index (χ1v) is 9.00. The Kier molecular flexibility index (Phi) is 6.10. The summed E-state index contributed by atoms with van der Waals surface area (Å²) in [5, 5.41) is 11.7. The van der Waals surface area contributed by atoms with Gasteiger partial charge in [0.1, 0.15) is 6.10 Å². The summed E-state index contributed by atoms with van der Waals surface area (Å²) in [6.45, 7) is 1.94. The second-order valence-electron chi connectivity index (χ2n) is 4.80. The number of hydrogen-bond acceptors (Lipinski definition) is 6. The number of hydrogen-bond donors (Lipinski definition) is 1. The molecule has 5 nitrogen and oxygen atoms in total. The van der Waals surface area contributed by atoms with Crippen LogP contribution < -0.4 is 0 Å². The van der Waals surface area contributed by atoms with E-state index >= 15 is 0 Å². The van der Waals surface area contributed by atoms with Crippen LogP contribution in [0, 0.1) is 6.92 Å². The molecule has 2 aromatic rings. The van der Waals surface area contributed by atoms with Crippen molar-refractivity contribution in [3.05, 3.63) is 52.2 Å². The Bertz CT molecular complexity index is 662. The molecule has 0 aliphatic heterocycles. The highest BCUT2D eigenvalue weighted by Crippen LogP contribution is 2.14. The number of ether oxygens (including phenoxy) is 1. The Labute approximate surface area is 134 Å². The van der Waals surface area contributed by atoms with Gasteiger partial charge in [-0.15, -0.1) is 11.3 Å². The van der Waals surface area contributed by atoms with Crippen molar-refractivity contribution in [2.24, 2.45) is 0 Å². The minimum Gasteiger partial charge on any atom is -0.388 e. The molecular weight excluding hydrogens is 324 g/mol. The van der Waals surface area contributed by atoms with Crippen molar-refractivity contribution in [3.8, 4) is 0 Å². The lowest BCUT2D eigenvalue weighted by atomic mass is 10.2. The first-order chi connectivity index (χ1) is 10.5. The van der Waals surface area contributed by atoms with Gasteiger partial charge in [-0.1, -0.05) is 23.8 Å². The first kappa shape index (κ1) is 17.1. The predicted octanol–water partition coefficient (Wildman–Crippen LogP) is 2.34. The summed E-state index contributed by atoms with van der Waals surface area (Å²) in [5.74, 6) is 0. The van der Waals surface area contributed by atoms with E-state index in [4.69, 9.17) is 8.92 Å². The van der Waals surface area contributed by atoms with Crippen LogP contribution in [0.15, 0.2) is 46.7 Å². The molecule has 0 fully saturated rings. The van der Waals surface area contributed by atoms with Gasteiger partial charge in [0.2, 0.25) is 0 Å². The molecule has 1 aromatic heterocycles. The summed E-state index contributed by atoms with van der Waals surface area (Å²) < 4.78 is 34.0. The smallest absolute Gasteiger partial charge is 0.297 e. The molecule has 0 unspecified atom stereocenters. The molecule has 1 atom stereocenters. The third-order valence-corrected chi connectivity index (χ3v) is 5.01. The van der Waals surface area contributed by atoms with Crippen LogP contribution in [0.3, 0.4) is 0 Å². The molecule has 0 bridgehead atoms. The van der Waals surface area contributed by atoms with Crippen LogP contribution in [0.5, 0.6) is 0 Å². The topological polar surface area (TPSA) is 72.8 Å². The fourth-order valence-corrected chi connectivity index (χ4v) is 3.26. The van der Waals surface area contributed by atoms with E-state index in [2.05, 4.69) is 0 Å². The van der Waals surface area contributed by atoms with Crippen LogP contribution in [0.1, 0.15) is 10.4 Å². The second kappa shape index (κ2) is 7.85. The number of aliphatic hydroxyl groups excluding tert-OH is 1. The Morgan fingerprint density at radius 3 is 2.55 bits per heavy atom. The molecule has 0 amide bonds. The van der Waals surface area contributed by atoms with Gasteiger partial charge in [0.25, 0.3) is 10.1 Å². The summed E-state index contributed by atoms with van der Waals surface area (Å²) in [6.07, 6.45) is -1.000. The maximum atomic E-state index is 11.9. The maximum Gasteiger partial charge on any atom is 0.297 e. The minimum atomic E-state index is -3.85. The SMILES string of the molecule is Cc1ccc(S(=O)(=O)OC[C@@H](O)COCc2cccs2)cc1. The van der Waals surface area contributed by atoms with Gasteiger partial charge < -0.3 is 9.84 Å². The molecular formula is C15H18O5S2. The maximum absolute atomic E-state index is 11.9. The molecule has 1 N–H and O–H groups in total. The lowest BCUT2D eigenvalue weighted by molar-refractivity contribution is 0.00746. The number of rotatable bonds is 8. The third kappa shape index (κ3) is 5.19. The van der Waals surface area contributed by atoms with E-state index in [-0.39, 0.29) is 18.1 Å². The van der Waals surface area contributed by atoms with E-state index in [0.717, 1.165) is 10.4 Å². The number of aryl methyl sites for hydroxylation is 1. The van der Waals surface area contributed by atoms with Gasteiger partial charge in [0, 0.05) is 4.88 Å². The molecule has 1 aromatic carbocycles. The zero-order valence-electron chi connectivity index (χ0n) is 12.1. The number of aliphatic hydroxyl groups is 1. The molecule has 2 rings (SSSR count). The minimum absolute atomic E-state index is 0.0152. The Morgan fingerprint density at radius 1 is 1.18 bits per heavy atom. The van der Waals surface area contributed by atoms with Gasteiger partial charge >= 0.3 is 0 Å². The molecule has 0 saturated carbocycles. The molecule has 0 radical (unpaired) electrons. The summed E-state index contributed by atoms with van der Waals surface area (Å²) in [4.78, 5) is 1.12. The average molecular weight is 342 g/mol. The third-order valence-electron chi connectivity index (χ3n) is 2.86. The van der Waals surface area contributed by atoms with E-state index in [1.807, 2.05) is 24.4 Å². The zero-order valence-corrected chi connectivity index (χ0v) is 13.8. The first-order valence-electron chi connectivity index (χ1n) is 6.71. The van der Waals surface area contributed by atoms with Crippen molar-refractivity contribution in [1.29, 1.82) is 0 Å². The highest BCUT2D eigenvalue weighted by Gasteiger charge is 2.17. The van der Waals surface area contributed by atoms with Crippen molar-refractivity contribution in [3.63, 3.8) is 0 Å². The van der Waals surface area contributed by atoms with Crippen molar-refractivity contribution in [2.75, 3.05) is 13.2 Å². The quantitative estimate of drug-likeness (QED) is 0.746. The van der Waals surface area contributed by atoms with E-state index < -0.39 is 16.2 Å². The Morgan fingerprint density at radius 2 is 1.91 bits per heavy atom. The van der Waals surface area contributed by atoms with Crippen LogP contribution in [0.25, 0.3) is 0 Å². The summed E-state index contributed by atoms with van der Waals surface area (Å²) in [6, 6.07) is 10.2. The average Bonchev–Trinajstić information content (AvgIpc) is 2.99. The largest absolute Gasteiger partial charge is 0.388 e. The second-order valence-corrected chi connectivity index (χ2v) is 7.45. The van der Waals surface area contributed by atoms with Gasteiger partial charge in [0.15, 0.2) is 0 Å². The van der Waals surface area contributed by atoms with Crippen LogP contribution in [0.2, 0.25) is 0 Å². The van der Waals surface area contributed by atoms with Gasteiger partial charge in [-0.25, -0.2) is 0 Å². The van der Waals surface area contributed by atoms with Crippen LogP contribution in [0.4, 0.5) is 0 Å².